The Morgan fingerprint density at radius 1 is 1.15 bits per heavy atom. The highest BCUT2D eigenvalue weighted by atomic mass is 19.1. The molecule has 0 aliphatic carbocycles. The highest BCUT2D eigenvalue weighted by Gasteiger charge is 2.30. The van der Waals surface area contributed by atoms with Crippen LogP contribution in [-0.2, 0) is 24.3 Å². The highest BCUT2D eigenvalue weighted by Crippen LogP contribution is 2.24. The molecule has 0 radical (unpaired) electrons. The third-order valence-corrected chi connectivity index (χ3v) is 5.67. The van der Waals surface area contributed by atoms with Gasteiger partial charge in [-0.3, -0.25) is 19.1 Å². The summed E-state index contributed by atoms with van der Waals surface area (Å²) in [4.78, 5) is 37.4. The molecule has 5 rings (SSSR count). The molecule has 4 heterocycles. The van der Waals surface area contributed by atoms with Crippen molar-refractivity contribution in [3.8, 4) is 0 Å². The second kappa shape index (κ2) is 8.45. The van der Waals surface area contributed by atoms with E-state index in [2.05, 4.69) is 25.6 Å². The number of anilines is 1. The van der Waals surface area contributed by atoms with Crippen LogP contribution < -0.4 is 16.2 Å². The van der Waals surface area contributed by atoms with Gasteiger partial charge in [0.25, 0.3) is 5.56 Å². The van der Waals surface area contributed by atoms with Crippen LogP contribution in [0.5, 0.6) is 0 Å². The zero-order valence-electron chi connectivity index (χ0n) is 17.4. The minimum absolute atomic E-state index is 0.0162. The number of amides is 1. The summed E-state index contributed by atoms with van der Waals surface area (Å²) >= 11 is 0. The third kappa shape index (κ3) is 4.19. The summed E-state index contributed by atoms with van der Waals surface area (Å²) < 4.78 is 28.3. The topological polar surface area (TPSA) is 105 Å². The van der Waals surface area contributed by atoms with E-state index in [1.807, 2.05) is 12.1 Å². The van der Waals surface area contributed by atoms with E-state index in [1.165, 1.54) is 16.7 Å². The van der Waals surface area contributed by atoms with Crippen molar-refractivity contribution in [3.05, 3.63) is 87.9 Å². The maximum atomic E-state index is 13.4. The first-order valence-corrected chi connectivity index (χ1v) is 10.5. The lowest BCUT2D eigenvalue weighted by atomic mass is 10.2. The van der Waals surface area contributed by atoms with Gasteiger partial charge in [0.15, 0.2) is 5.82 Å². The van der Waals surface area contributed by atoms with Gasteiger partial charge in [0.05, 0.1) is 6.54 Å². The fourth-order valence-electron chi connectivity index (χ4n) is 4.14. The van der Waals surface area contributed by atoms with Crippen LogP contribution in [0.15, 0.2) is 53.7 Å². The molecule has 3 aromatic heterocycles. The number of pyridine rings is 1. The number of rotatable bonds is 6. The molecule has 0 bridgehead atoms. The molecule has 0 unspecified atom stereocenters. The summed E-state index contributed by atoms with van der Waals surface area (Å²) in [6.45, 7) is 0.303. The van der Waals surface area contributed by atoms with Crippen molar-refractivity contribution >= 4 is 22.6 Å². The molecule has 4 aromatic rings. The van der Waals surface area contributed by atoms with Crippen LogP contribution in [-0.4, -0.2) is 25.4 Å². The molecule has 33 heavy (non-hydrogen) atoms. The van der Waals surface area contributed by atoms with Crippen LogP contribution in [0.25, 0.3) is 10.9 Å². The second-order valence-electron chi connectivity index (χ2n) is 7.93. The maximum Gasteiger partial charge on any atom is 0.294 e. The second-order valence-corrected chi connectivity index (χ2v) is 7.93. The van der Waals surface area contributed by atoms with Crippen LogP contribution in [0.2, 0.25) is 0 Å². The summed E-state index contributed by atoms with van der Waals surface area (Å²) in [5.74, 6) is -1.65. The van der Waals surface area contributed by atoms with E-state index in [1.54, 1.807) is 18.6 Å². The average Bonchev–Trinajstić information content (AvgIpc) is 3.41. The van der Waals surface area contributed by atoms with Crippen molar-refractivity contribution < 1.29 is 13.6 Å². The molecule has 1 aromatic carbocycles. The first-order valence-electron chi connectivity index (χ1n) is 10.5. The molecule has 168 valence electrons. The Bertz CT molecular complexity index is 1360. The third-order valence-electron chi connectivity index (χ3n) is 5.67. The fourth-order valence-corrected chi connectivity index (χ4v) is 4.14. The number of nitrogens with zero attached hydrogens (tertiary/aromatic N) is 3. The molecule has 0 fully saturated rings. The van der Waals surface area contributed by atoms with Crippen LogP contribution in [0, 0.1) is 11.6 Å². The van der Waals surface area contributed by atoms with Crippen molar-refractivity contribution in [3.63, 3.8) is 0 Å². The summed E-state index contributed by atoms with van der Waals surface area (Å²) in [6.07, 6.45) is 6.01. The molecule has 0 saturated carbocycles. The van der Waals surface area contributed by atoms with Crippen molar-refractivity contribution in [2.75, 3.05) is 5.32 Å². The number of benzene rings is 1. The smallest absolute Gasteiger partial charge is 0.294 e. The number of aromatic nitrogens is 4. The van der Waals surface area contributed by atoms with E-state index >= 15 is 0 Å². The van der Waals surface area contributed by atoms with Crippen LogP contribution in [0.1, 0.15) is 29.4 Å². The van der Waals surface area contributed by atoms with Gasteiger partial charge >= 0.3 is 0 Å². The predicted octanol–water partition coefficient (Wildman–Crippen LogP) is 2.81. The van der Waals surface area contributed by atoms with Gasteiger partial charge in [-0.15, -0.1) is 0 Å². The van der Waals surface area contributed by atoms with Crippen LogP contribution in [0.4, 0.5) is 14.6 Å². The largest absolute Gasteiger partial charge is 0.361 e. The van der Waals surface area contributed by atoms with Gasteiger partial charge < -0.3 is 15.6 Å². The Balaban J connectivity index is 1.30. The predicted molar refractivity (Wildman–Crippen MR) is 117 cm³/mol. The number of halogens is 2. The van der Waals surface area contributed by atoms with Gasteiger partial charge in [-0.2, -0.15) is 0 Å². The molecule has 1 amide bonds. The summed E-state index contributed by atoms with van der Waals surface area (Å²) in [5.41, 5.74) is 2.31. The Morgan fingerprint density at radius 3 is 2.76 bits per heavy atom. The Labute approximate surface area is 186 Å². The number of hydrogen-bond donors (Lipinski definition) is 3. The van der Waals surface area contributed by atoms with Gasteiger partial charge in [0.2, 0.25) is 5.91 Å². The zero-order valence-corrected chi connectivity index (χ0v) is 17.4. The Hall–Kier alpha value is -4.08. The lowest BCUT2D eigenvalue weighted by Gasteiger charge is -2.15. The van der Waals surface area contributed by atoms with Gasteiger partial charge in [0, 0.05) is 53.5 Å². The van der Waals surface area contributed by atoms with Crippen molar-refractivity contribution in [2.45, 2.75) is 32.0 Å². The van der Waals surface area contributed by atoms with E-state index in [4.69, 9.17) is 0 Å². The van der Waals surface area contributed by atoms with E-state index < -0.39 is 23.2 Å². The van der Waals surface area contributed by atoms with E-state index in [0.29, 0.717) is 24.1 Å². The van der Waals surface area contributed by atoms with E-state index in [0.717, 1.165) is 22.7 Å². The highest BCUT2D eigenvalue weighted by molar-refractivity contribution is 5.82. The number of aromatic amines is 1. The van der Waals surface area contributed by atoms with Crippen molar-refractivity contribution in [1.29, 1.82) is 0 Å². The number of fused-ring (bicyclic) bond motifs is 2. The van der Waals surface area contributed by atoms with E-state index in [9.17, 15) is 18.4 Å². The van der Waals surface area contributed by atoms with Gasteiger partial charge in [-0.05, 0) is 42.7 Å². The molecular weight excluding hydrogens is 430 g/mol. The minimum atomic E-state index is -0.701. The van der Waals surface area contributed by atoms with Gasteiger partial charge in [0.1, 0.15) is 17.7 Å². The number of aryl methyl sites for hydroxylation is 1. The van der Waals surface area contributed by atoms with Gasteiger partial charge in [-0.25, -0.2) is 13.8 Å². The van der Waals surface area contributed by atoms with Crippen molar-refractivity contribution in [2.24, 2.45) is 0 Å². The Morgan fingerprint density at radius 2 is 1.97 bits per heavy atom. The quantitative estimate of drug-likeness (QED) is 0.419. The summed E-state index contributed by atoms with van der Waals surface area (Å²) in [7, 11) is 0. The number of hydrogen-bond acceptors (Lipinski definition) is 5. The average molecular weight is 450 g/mol. The van der Waals surface area contributed by atoms with Crippen LogP contribution >= 0.6 is 0 Å². The molecule has 1 aliphatic heterocycles. The number of carbonyl (C=O) groups is 1. The first kappa shape index (κ1) is 20.8. The SMILES string of the molecule is O=C(NCc1cc2cnccc2[nH]1)[C@@H]1CCc2cnc(NCc3cc(F)cc(F)c3)c(=O)n21. The number of nitrogens with one attached hydrogen (secondary N) is 3. The monoisotopic (exact) mass is 450 g/mol. The van der Waals surface area contributed by atoms with Gasteiger partial charge in [-0.1, -0.05) is 0 Å². The summed E-state index contributed by atoms with van der Waals surface area (Å²) in [6, 6.07) is 6.25. The summed E-state index contributed by atoms with van der Waals surface area (Å²) in [5, 5.41) is 6.66. The van der Waals surface area contributed by atoms with E-state index in [-0.39, 0.29) is 24.8 Å². The Kier molecular flexibility index (Phi) is 5.33. The molecule has 0 saturated heterocycles. The molecular formula is C23H20F2N6O2. The lowest BCUT2D eigenvalue weighted by molar-refractivity contribution is -0.124. The molecule has 8 nitrogen and oxygen atoms in total. The normalized spacial score (nSPS) is 14.9. The fraction of sp³-hybridized carbons (Fsp3) is 0.217. The zero-order chi connectivity index (χ0) is 22.9. The standard InChI is InChI=1S/C23H20F2N6O2/c24-15-5-13(6-16(25)8-15)9-27-21-23(33)31-18(12-28-21)1-2-20(31)22(32)29-11-17-7-14-10-26-4-3-19(14)30-17/h3-8,10,12,20,30H,1-2,9,11H2,(H,27,28)(H,29,32)/t20-/m0/s1. The van der Waals surface area contributed by atoms with Crippen LogP contribution in [0.3, 0.4) is 0 Å². The molecule has 10 heteroatoms. The minimum Gasteiger partial charge on any atom is -0.361 e. The maximum absolute atomic E-state index is 13.4. The first-order chi connectivity index (χ1) is 16.0. The molecule has 1 aliphatic rings. The lowest BCUT2D eigenvalue weighted by Crippen LogP contribution is -2.36. The van der Waals surface area contributed by atoms with Crippen molar-refractivity contribution in [1.82, 2.24) is 24.8 Å². The molecule has 0 spiro atoms. The molecule has 3 N–H and O–H groups in total. The number of H-pyrrole nitrogens is 1. The molecule has 1 atom stereocenters. The number of carbonyl (C=O) groups excluding carboxylic acids is 1.